The third-order valence-electron chi connectivity index (χ3n) is 5.32. The first-order valence-electron chi connectivity index (χ1n) is 8.97. The Hall–Kier alpha value is -2.96. The highest BCUT2D eigenvalue weighted by atomic mass is 16.2. The van der Waals surface area contributed by atoms with Gasteiger partial charge in [0, 0.05) is 29.4 Å². The van der Waals surface area contributed by atoms with Gasteiger partial charge < -0.3 is 14.5 Å². The Morgan fingerprint density at radius 1 is 1.19 bits per heavy atom. The monoisotopic (exact) mass is 349 g/mol. The fourth-order valence-electron chi connectivity index (χ4n) is 3.89. The van der Waals surface area contributed by atoms with Crippen molar-refractivity contribution in [1.82, 2.24) is 24.6 Å². The second-order valence-electron chi connectivity index (χ2n) is 7.23. The molecule has 7 heteroatoms. The largest absolute Gasteiger partial charge is 0.329 e. The number of hydrogen-bond donors (Lipinski definition) is 1. The fraction of sp³-hybridized carbons (Fsp3) is 0.368. The van der Waals surface area contributed by atoms with E-state index < -0.39 is 0 Å². The van der Waals surface area contributed by atoms with Crippen LogP contribution in [-0.4, -0.2) is 37.1 Å². The first kappa shape index (κ1) is 15.3. The van der Waals surface area contributed by atoms with Crippen LogP contribution in [0.5, 0.6) is 0 Å². The number of benzene rings is 1. The van der Waals surface area contributed by atoms with Crippen LogP contribution >= 0.6 is 0 Å². The molecular formula is C19H19N5O2. The molecule has 0 spiro atoms. The molecule has 0 radical (unpaired) electrons. The molecule has 1 amide bonds. The molecule has 1 fully saturated rings. The van der Waals surface area contributed by atoms with Gasteiger partial charge >= 0.3 is 0 Å². The van der Waals surface area contributed by atoms with Gasteiger partial charge in [-0.05, 0) is 25.8 Å². The van der Waals surface area contributed by atoms with E-state index in [-0.39, 0.29) is 17.5 Å². The standard InChI is InChI=1S/C19H19N5O2/c1-11-9-23(10-16-21-22-17(24(11)16)12-6-7-12)19(26)15-8-20-18(25)14-5-3-2-4-13(14)15/h2-5,8,11-12H,6-7,9-10H2,1H3,(H,20,25)/t11-/m0/s1. The molecule has 26 heavy (non-hydrogen) atoms. The molecule has 3 aromatic rings. The highest BCUT2D eigenvalue weighted by molar-refractivity contribution is 6.06. The third kappa shape index (κ3) is 2.27. The van der Waals surface area contributed by atoms with E-state index in [0.717, 1.165) is 11.6 Å². The molecule has 2 aliphatic rings. The number of pyridine rings is 1. The summed E-state index contributed by atoms with van der Waals surface area (Å²) in [6.45, 7) is 3.15. The van der Waals surface area contributed by atoms with Crippen LogP contribution in [0, 0.1) is 0 Å². The third-order valence-corrected chi connectivity index (χ3v) is 5.32. The first-order chi connectivity index (χ1) is 12.6. The number of carbonyl (C=O) groups is 1. The average Bonchev–Trinajstić information content (AvgIpc) is 3.41. The Kier molecular flexibility index (Phi) is 3.25. The molecule has 2 aromatic heterocycles. The summed E-state index contributed by atoms with van der Waals surface area (Å²) in [5.41, 5.74) is 0.334. The maximum Gasteiger partial charge on any atom is 0.256 e. The van der Waals surface area contributed by atoms with Crippen molar-refractivity contribution in [3.8, 4) is 0 Å². The Balaban J connectivity index is 1.52. The molecule has 1 aliphatic heterocycles. The summed E-state index contributed by atoms with van der Waals surface area (Å²) in [6, 6.07) is 7.34. The van der Waals surface area contributed by atoms with Crippen LogP contribution in [0.25, 0.3) is 10.8 Å². The zero-order valence-electron chi connectivity index (χ0n) is 14.5. The van der Waals surface area contributed by atoms with Gasteiger partial charge in [-0.1, -0.05) is 18.2 Å². The smallest absolute Gasteiger partial charge is 0.256 e. The van der Waals surface area contributed by atoms with Crippen LogP contribution in [0.1, 0.15) is 53.7 Å². The van der Waals surface area contributed by atoms with Gasteiger partial charge in [0.1, 0.15) is 5.82 Å². The second kappa shape index (κ2) is 5.52. The number of carbonyl (C=O) groups excluding carboxylic acids is 1. The quantitative estimate of drug-likeness (QED) is 0.769. The molecule has 132 valence electrons. The molecule has 3 heterocycles. The van der Waals surface area contributed by atoms with Crippen molar-refractivity contribution < 1.29 is 4.79 Å². The minimum absolute atomic E-state index is 0.0912. The zero-order valence-corrected chi connectivity index (χ0v) is 14.5. The van der Waals surface area contributed by atoms with Crippen LogP contribution in [-0.2, 0) is 6.54 Å². The topological polar surface area (TPSA) is 83.9 Å². The lowest BCUT2D eigenvalue weighted by molar-refractivity contribution is 0.0681. The molecule has 5 rings (SSSR count). The molecule has 0 unspecified atom stereocenters. The van der Waals surface area contributed by atoms with E-state index in [2.05, 4.69) is 26.7 Å². The highest BCUT2D eigenvalue weighted by Gasteiger charge is 2.35. The minimum Gasteiger partial charge on any atom is -0.329 e. The molecule has 1 aromatic carbocycles. The van der Waals surface area contributed by atoms with Crippen molar-refractivity contribution in [2.45, 2.75) is 38.3 Å². The summed E-state index contributed by atoms with van der Waals surface area (Å²) < 4.78 is 2.20. The van der Waals surface area contributed by atoms with E-state index in [0.29, 0.717) is 35.3 Å². The van der Waals surface area contributed by atoms with E-state index in [9.17, 15) is 9.59 Å². The fourth-order valence-corrected chi connectivity index (χ4v) is 3.89. The number of amides is 1. The van der Waals surface area contributed by atoms with Crippen molar-refractivity contribution in [3.63, 3.8) is 0 Å². The molecule has 1 N–H and O–H groups in total. The summed E-state index contributed by atoms with van der Waals surface area (Å²) in [5.74, 6) is 2.34. The van der Waals surface area contributed by atoms with Crippen LogP contribution in [0.2, 0.25) is 0 Å². The van der Waals surface area contributed by atoms with E-state index in [4.69, 9.17) is 0 Å². The van der Waals surface area contributed by atoms with Gasteiger partial charge in [0.05, 0.1) is 18.2 Å². The van der Waals surface area contributed by atoms with E-state index >= 15 is 0 Å². The lowest BCUT2D eigenvalue weighted by Crippen LogP contribution is -2.41. The van der Waals surface area contributed by atoms with Crippen molar-refractivity contribution in [1.29, 1.82) is 0 Å². The summed E-state index contributed by atoms with van der Waals surface area (Å²) in [5, 5.41) is 9.91. The Labute approximate surface area is 149 Å². The van der Waals surface area contributed by atoms with Crippen LogP contribution < -0.4 is 5.56 Å². The Morgan fingerprint density at radius 2 is 1.96 bits per heavy atom. The van der Waals surface area contributed by atoms with Crippen LogP contribution in [0.4, 0.5) is 0 Å². The molecule has 1 saturated carbocycles. The van der Waals surface area contributed by atoms with Crippen LogP contribution in [0.3, 0.4) is 0 Å². The Bertz CT molecular complexity index is 1080. The number of fused-ring (bicyclic) bond motifs is 2. The van der Waals surface area contributed by atoms with E-state index in [1.807, 2.05) is 12.1 Å². The molecule has 1 aliphatic carbocycles. The summed E-state index contributed by atoms with van der Waals surface area (Å²) in [6.07, 6.45) is 3.88. The van der Waals surface area contributed by atoms with Crippen molar-refractivity contribution in [2.75, 3.05) is 6.54 Å². The van der Waals surface area contributed by atoms with Crippen molar-refractivity contribution in [3.05, 3.63) is 58.0 Å². The summed E-state index contributed by atoms with van der Waals surface area (Å²) in [4.78, 5) is 29.7. The number of aromatic amines is 1. The zero-order chi connectivity index (χ0) is 17.8. The summed E-state index contributed by atoms with van der Waals surface area (Å²) in [7, 11) is 0. The Morgan fingerprint density at radius 3 is 2.73 bits per heavy atom. The van der Waals surface area contributed by atoms with Gasteiger partial charge in [-0.2, -0.15) is 0 Å². The minimum atomic E-state index is -0.182. The van der Waals surface area contributed by atoms with Gasteiger partial charge in [0.15, 0.2) is 5.82 Å². The SMILES string of the molecule is C[C@H]1CN(C(=O)c2c[nH]c(=O)c3ccccc23)Cc2nnc(C3CC3)n21. The van der Waals surface area contributed by atoms with E-state index in [1.54, 1.807) is 17.0 Å². The maximum atomic E-state index is 13.2. The molecule has 7 nitrogen and oxygen atoms in total. The lowest BCUT2D eigenvalue weighted by Gasteiger charge is -2.32. The second-order valence-corrected chi connectivity index (χ2v) is 7.23. The average molecular weight is 349 g/mol. The maximum absolute atomic E-state index is 13.2. The van der Waals surface area contributed by atoms with Crippen molar-refractivity contribution in [2.24, 2.45) is 0 Å². The van der Waals surface area contributed by atoms with Crippen molar-refractivity contribution >= 4 is 16.7 Å². The predicted molar refractivity (Wildman–Crippen MR) is 96.0 cm³/mol. The van der Waals surface area contributed by atoms with E-state index in [1.165, 1.54) is 19.0 Å². The molecule has 1 atom stereocenters. The number of hydrogen-bond acceptors (Lipinski definition) is 4. The van der Waals surface area contributed by atoms with Crippen LogP contribution in [0.15, 0.2) is 35.3 Å². The molecule has 0 saturated heterocycles. The predicted octanol–water partition coefficient (Wildman–Crippen LogP) is 2.21. The summed E-state index contributed by atoms with van der Waals surface area (Å²) >= 11 is 0. The number of nitrogens with zero attached hydrogens (tertiary/aromatic N) is 4. The number of aromatic nitrogens is 4. The normalized spacial score (nSPS) is 19.6. The first-order valence-corrected chi connectivity index (χ1v) is 8.97. The molecule has 0 bridgehead atoms. The number of H-pyrrole nitrogens is 1. The van der Waals surface area contributed by atoms with Gasteiger partial charge in [0.2, 0.25) is 0 Å². The molecular weight excluding hydrogens is 330 g/mol. The van der Waals surface area contributed by atoms with Gasteiger partial charge in [-0.3, -0.25) is 9.59 Å². The number of rotatable bonds is 2. The lowest BCUT2D eigenvalue weighted by atomic mass is 10.1. The van der Waals surface area contributed by atoms with Gasteiger partial charge in [-0.15, -0.1) is 10.2 Å². The number of nitrogens with one attached hydrogen (secondary N) is 1. The highest BCUT2D eigenvalue weighted by Crippen LogP contribution is 2.41. The van der Waals surface area contributed by atoms with Gasteiger partial charge in [-0.25, -0.2) is 0 Å². The van der Waals surface area contributed by atoms with Gasteiger partial charge in [0.25, 0.3) is 11.5 Å².